The molecule has 0 amide bonds. The number of aromatic hydroxyl groups is 2. The molecule has 0 heterocycles. The topological polar surface area (TPSA) is 40.5 Å². The van der Waals surface area contributed by atoms with Gasteiger partial charge in [0.05, 0.1) is 0 Å². The largest absolute Gasteiger partial charge is 0.508 e. The molecule has 28 heavy (non-hydrogen) atoms. The van der Waals surface area contributed by atoms with Gasteiger partial charge < -0.3 is 10.2 Å². The molecule has 0 bridgehead atoms. The average molecular weight is 375 g/mol. The van der Waals surface area contributed by atoms with Crippen LogP contribution >= 0.6 is 0 Å². The Morgan fingerprint density at radius 1 is 0.571 bits per heavy atom. The van der Waals surface area contributed by atoms with Gasteiger partial charge >= 0.3 is 0 Å². The third kappa shape index (κ3) is 3.40. The maximum Gasteiger partial charge on any atom is 0.118 e. The van der Waals surface area contributed by atoms with Crippen LogP contribution in [0.1, 0.15) is 61.1 Å². The van der Waals surface area contributed by atoms with E-state index in [4.69, 9.17) is 0 Å². The summed E-state index contributed by atoms with van der Waals surface area (Å²) in [5, 5.41) is 19.9. The van der Waals surface area contributed by atoms with Crippen molar-refractivity contribution >= 4 is 0 Å². The molecule has 0 aromatic heterocycles. The van der Waals surface area contributed by atoms with Crippen LogP contribution in [0.5, 0.6) is 11.5 Å². The zero-order valence-corrected chi connectivity index (χ0v) is 17.7. The van der Waals surface area contributed by atoms with E-state index in [1.165, 1.54) is 22.3 Å². The molecule has 2 nitrogen and oxygen atoms in total. The van der Waals surface area contributed by atoms with Crippen LogP contribution in [0.3, 0.4) is 0 Å². The van der Waals surface area contributed by atoms with Crippen molar-refractivity contribution in [1.29, 1.82) is 0 Å². The first-order valence-corrected chi connectivity index (χ1v) is 9.75. The van der Waals surface area contributed by atoms with Crippen LogP contribution < -0.4 is 0 Å². The fraction of sp³-hybridized carbons (Fsp3) is 0.308. The van der Waals surface area contributed by atoms with Gasteiger partial charge in [-0.25, -0.2) is 0 Å². The second-order valence-electron chi connectivity index (χ2n) is 8.80. The highest BCUT2D eigenvalue weighted by Crippen LogP contribution is 2.42. The van der Waals surface area contributed by atoms with Crippen LogP contribution in [0, 0.1) is 13.8 Å². The second kappa shape index (κ2) is 7.01. The highest BCUT2D eigenvalue weighted by molar-refractivity contribution is 5.51. The van der Waals surface area contributed by atoms with Gasteiger partial charge in [-0.3, -0.25) is 0 Å². The van der Waals surface area contributed by atoms with E-state index in [-0.39, 0.29) is 10.8 Å². The molecule has 0 aliphatic rings. The van der Waals surface area contributed by atoms with E-state index in [2.05, 4.69) is 64.1 Å². The summed E-state index contributed by atoms with van der Waals surface area (Å²) in [5.41, 5.74) is 6.19. The third-order valence-electron chi connectivity index (χ3n) is 6.11. The highest BCUT2D eigenvalue weighted by atomic mass is 16.3. The van der Waals surface area contributed by atoms with Crippen LogP contribution in [-0.4, -0.2) is 10.2 Å². The predicted octanol–water partition coefficient (Wildman–Crippen LogP) is 6.37. The van der Waals surface area contributed by atoms with Crippen molar-refractivity contribution in [2.24, 2.45) is 0 Å². The van der Waals surface area contributed by atoms with Crippen LogP contribution in [0.2, 0.25) is 0 Å². The molecule has 0 fully saturated rings. The zero-order valence-electron chi connectivity index (χ0n) is 17.7. The molecule has 0 atom stereocenters. The Balaban J connectivity index is 2.17. The number of phenolic OH excluding ortho intramolecular Hbond substituents is 2. The fourth-order valence-corrected chi connectivity index (χ4v) is 3.97. The van der Waals surface area contributed by atoms with E-state index in [0.717, 1.165) is 11.1 Å². The number of rotatable bonds is 4. The van der Waals surface area contributed by atoms with Crippen molar-refractivity contribution in [3.8, 4) is 11.5 Å². The second-order valence-corrected chi connectivity index (χ2v) is 8.80. The molecular formula is C26H30O2. The average Bonchev–Trinajstić information content (AvgIpc) is 2.66. The minimum Gasteiger partial charge on any atom is -0.508 e. The molecule has 146 valence electrons. The van der Waals surface area contributed by atoms with Crippen LogP contribution in [-0.2, 0) is 10.8 Å². The zero-order chi connectivity index (χ0) is 20.7. The maximum atomic E-state index is 9.94. The molecular weight excluding hydrogens is 344 g/mol. The summed E-state index contributed by atoms with van der Waals surface area (Å²) in [6.07, 6.45) is 0. The SMILES string of the molecule is Cc1cc(C(C)(C)c2ccccc2C(C)(C)c2ccc(O)c(C)c2)ccc1O. The number of aryl methyl sites for hydroxylation is 2. The van der Waals surface area contributed by atoms with Crippen LogP contribution in [0.15, 0.2) is 60.7 Å². The van der Waals surface area contributed by atoms with Crippen LogP contribution in [0.25, 0.3) is 0 Å². The Kier molecular flexibility index (Phi) is 5.01. The van der Waals surface area contributed by atoms with Gasteiger partial charge in [0.1, 0.15) is 11.5 Å². The van der Waals surface area contributed by atoms with Gasteiger partial charge in [0.25, 0.3) is 0 Å². The van der Waals surface area contributed by atoms with Crippen molar-refractivity contribution in [1.82, 2.24) is 0 Å². The van der Waals surface area contributed by atoms with Gasteiger partial charge in [0.2, 0.25) is 0 Å². The Labute approximate surface area is 168 Å². The van der Waals surface area contributed by atoms with Crippen molar-refractivity contribution in [2.45, 2.75) is 52.4 Å². The molecule has 2 N–H and O–H groups in total. The Morgan fingerprint density at radius 3 is 1.25 bits per heavy atom. The summed E-state index contributed by atoms with van der Waals surface area (Å²) in [5.74, 6) is 0.653. The summed E-state index contributed by atoms with van der Waals surface area (Å²) >= 11 is 0. The van der Waals surface area contributed by atoms with Crippen molar-refractivity contribution < 1.29 is 10.2 Å². The molecule has 2 heteroatoms. The van der Waals surface area contributed by atoms with Crippen molar-refractivity contribution in [2.75, 3.05) is 0 Å². The summed E-state index contributed by atoms with van der Waals surface area (Å²) in [4.78, 5) is 0. The Morgan fingerprint density at radius 2 is 0.929 bits per heavy atom. The fourth-order valence-electron chi connectivity index (χ4n) is 3.97. The number of hydrogen-bond acceptors (Lipinski definition) is 2. The normalized spacial score (nSPS) is 12.2. The highest BCUT2D eigenvalue weighted by Gasteiger charge is 2.33. The Bertz CT molecular complexity index is 930. The first kappa shape index (κ1) is 20.0. The first-order chi connectivity index (χ1) is 13.0. The lowest BCUT2D eigenvalue weighted by atomic mass is 9.68. The monoisotopic (exact) mass is 374 g/mol. The molecule has 0 unspecified atom stereocenters. The first-order valence-electron chi connectivity index (χ1n) is 9.75. The molecule has 0 saturated heterocycles. The van der Waals surface area contributed by atoms with E-state index < -0.39 is 0 Å². The molecule has 3 aromatic rings. The molecule has 0 spiro atoms. The molecule has 3 aromatic carbocycles. The van der Waals surface area contributed by atoms with Gasteiger partial charge in [0.15, 0.2) is 0 Å². The van der Waals surface area contributed by atoms with Gasteiger partial charge in [-0.1, -0.05) is 76.2 Å². The summed E-state index contributed by atoms with van der Waals surface area (Å²) in [6, 6.07) is 20.3. The lowest BCUT2D eigenvalue weighted by molar-refractivity contribution is 0.469. The number of benzene rings is 3. The summed E-state index contributed by atoms with van der Waals surface area (Å²) in [6.45, 7) is 12.8. The van der Waals surface area contributed by atoms with Crippen molar-refractivity contribution in [3.05, 3.63) is 94.0 Å². The maximum absolute atomic E-state index is 9.94. The third-order valence-corrected chi connectivity index (χ3v) is 6.11. The smallest absolute Gasteiger partial charge is 0.118 e. The number of phenols is 2. The summed E-state index contributed by atoms with van der Waals surface area (Å²) < 4.78 is 0. The molecule has 3 rings (SSSR count). The van der Waals surface area contributed by atoms with E-state index in [1.807, 2.05) is 26.0 Å². The van der Waals surface area contributed by atoms with Gasteiger partial charge in [-0.05, 0) is 59.4 Å². The molecule has 0 saturated carbocycles. The van der Waals surface area contributed by atoms with Gasteiger partial charge in [-0.15, -0.1) is 0 Å². The van der Waals surface area contributed by atoms with E-state index in [1.54, 1.807) is 12.1 Å². The standard InChI is InChI=1S/C26H30O2/c1-17-15-19(11-13-23(17)27)25(3,4)21-9-7-8-10-22(21)26(5,6)20-12-14-24(28)18(2)16-20/h7-16,27-28H,1-6H3. The number of hydrogen-bond donors (Lipinski definition) is 2. The minimum absolute atomic E-state index is 0.224. The quantitative estimate of drug-likeness (QED) is 0.557. The van der Waals surface area contributed by atoms with E-state index in [0.29, 0.717) is 11.5 Å². The Hall–Kier alpha value is -2.74. The molecule has 0 radical (unpaired) electrons. The van der Waals surface area contributed by atoms with E-state index in [9.17, 15) is 10.2 Å². The van der Waals surface area contributed by atoms with Crippen LogP contribution in [0.4, 0.5) is 0 Å². The van der Waals surface area contributed by atoms with E-state index >= 15 is 0 Å². The lowest BCUT2D eigenvalue weighted by Crippen LogP contribution is -2.28. The van der Waals surface area contributed by atoms with Crippen molar-refractivity contribution in [3.63, 3.8) is 0 Å². The predicted molar refractivity (Wildman–Crippen MR) is 116 cm³/mol. The lowest BCUT2D eigenvalue weighted by Gasteiger charge is -2.35. The van der Waals surface area contributed by atoms with Gasteiger partial charge in [0, 0.05) is 10.8 Å². The minimum atomic E-state index is -0.224. The summed E-state index contributed by atoms with van der Waals surface area (Å²) in [7, 11) is 0. The van der Waals surface area contributed by atoms with Gasteiger partial charge in [-0.2, -0.15) is 0 Å². The molecule has 0 aliphatic carbocycles. The molecule has 0 aliphatic heterocycles.